The topological polar surface area (TPSA) is 12.0 Å². The molecule has 1 N–H and O–H groups in total. The fourth-order valence-corrected chi connectivity index (χ4v) is 2.97. The average Bonchev–Trinajstić information content (AvgIpc) is 2.72. The van der Waals surface area contributed by atoms with Crippen molar-refractivity contribution in [3.8, 4) is 0 Å². The summed E-state index contributed by atoms with van der Waals surface area (Å²) in [6.07, 6.45) is 1.24. The summed E-state index contributed by atoms with van der Waals surface area (Å²) >= 11 is 1.99. The van der Waals surface area contributed by atoms with Crippen molar-refractivity contribution < 1.29 is 4.39 Å². The quantitative estimate of drug-likeness (QED) is 0.849. The number of nitrogens with one attached hydrogen (secondary N) is 1. The lowest BCUT2D eigenvalue weighted by Gasteiger charge is -2.12. The molecule has 0 aromatic heterocycles. The van der Waals surface area contributed by atoms with Crippen LogP contribution in [0.1, 0.15) is 17.5 Å². The largest absolute Gasteiger partial charge is 0.309 e. The Kier molecular flexibility index (Phi) is 3.65. The van der Waals surface area contributed by atoms with Crippen molar-refractivity contribution in [2.24, 2.45) is 0 Å². The molecule has 0 saturated carbocycles. The van der Waals surface area contributed by atoms with Gasteiger partial charge in [-0.05, 0) is 42.4 Å². The Morgan fingerprint density at radius 3 is 3.13 bits per heavy atom. The molecule has 82 valence electrons. The molecule has 1 aromatic carbocycles. The molecule has 0 aliphatic carbocycles. The van der Waals surface area contributed by atoms with Crippen LogP contribution in [0.25, 0.3) is 0 Å². The van der Waals surface area contributed by atoms with Crippen molar-refractivity contribution in [1.82, 2.24) is 5.32 Å². The monoisotopic (exact) mass is 225 g/mol. The molecule has 1 aliphatic heterocycles. The zero-order valence-electron chi connectivity index (χ0n) is 8.92. The highest BCUT2D eigenvalue weighted by Gasteiger charge is 2.14. The summed E-state index contributed by atoms with van der Waals surface area (Å²) in [5.41, 5.74) is 2.24. The number of hydrogen-bond donors (Lipinski definition) is 1. The Morgan fingerprint density at radius 1 is 1.53 bits per heavy atom. The molecule has 1 atom stereocenters. The van der Waals surface area contributed by atoms with Crippen LogP contribution >= 0.6 is 11.8 Å². The van der Waals surface area contributed by atoms with Crippen LogP contribution in [-0.2, 0) is 6.54 Å². The zero-order valence-corrected chi connectivity index (χ0v) is 9.74. The molecule has 0 radical (unpaired) electrons. The van der Waals surface area contributed by atoms with Crippen LogP contribution in [-0.4, -0.2) is 17.5 Å². The van der Waals surface area contributed by atoms with Gasteiger partial charge >= 0.3 is 0 Å². The molecule has 0 amide bonds. The fourth-order valence-electron chi connectivity index (χ4n) is 1.78. The standard InChI is InChI=1S/C12H16FNS/c1-9-2-3-11(13)6-10(9)7-14-12-4-5-15-8-12/h2-3,6,12,14H,4-5,7-8H2,1H3. The summed E-state index contributed by atoms with van der Waals surface area (Å²) in [5.74, 6) is 2.30. The van der Waals surface area contributed by atoms with E-state index in [0.717, 1.165) is 17.7 Å². The van der Waals surface area contributed by atoms with E-state index >= 15 is 0 Å². The third-order valence-corrected chi connectivity index (χ3v) is 3.98. The molecule has 0 spiro atoms. The van der Waals surface area contributed by atoms with E-state index in [9.17, 15) is 4.39 Å². The Labute approximate surface area is 94.5 Å². The first-order chi connectivity index (χ1) is 7.25. The first-order valence-corrected chi connectivity index (χ1v) is 6.47. The Balaban J connectivity index is 1.94. The number of hydrogen-bond acceptors (Lipinski definition) is 2. The molecule has 3 heteroatoms. The predicted octanol–water partition coefficient (Wildman–Crippen LogP) is 2.73. The minimum Gasteiger partial charge on any atom is -0.309 e. The van der Waals surface area contributed by atoms with Crippen molar-refractivity contribution in [3.63, 3.8) is 0 Å². The van der Waals surface area contributed by atoms with Gasteiger partial charge in [-0.1, -0.05) is 6.07 Å². The van der Waals surface area contributed by atoms with Gasteiger partial charge in [0, 0.05) is 18.3 Å². The third-order valence-electron chi connectivity index (χ3n) is 2.82. The van der Waals surface area contributed by atoms with E-state index < -0.39 is 0 Å². The summed E-state index contributed by atoms with van der Waals surface area (Å²) in [4.78, 5) is 0. The molecule has 15 heavy (non-hydrogen) atoms. The Bertz CT molecular complexity index is 334. The molecule has 1 unspecified atom stereocenters. The first-order valence-electron chi connectivity index (χ1n) is 5.32. The van der Waals surface area contributed by atoms with Gasteiger partial charge in [0.2, 0.25) is 0 Å². The third kappa shape index (κ3) is 2.95. The minimum absolute atomic E-state index is 0.141. The van der Waals surface area contributed by atoms with Gasteiger partial charge in [0.25, 0.3) is 0 Å². The lowest BCUT2D eigenvalue weighted by Crippen LogP contribution is -2.28. The maximum Gasteiger partial charge on any atom is 0.123 e. The van der Waals surface area contributed by atoms with E-state index in [-0.39, 0.29) is 5.82 Å². The maximum atomic E-state index is 13.0. The number of benzene rings is 1. The summed E-state index contributed by atoms with van der Waals surface area (Å²) in [5, 5.41) is 3.48. The predicted molar refractivity (Wildman–Crippen MR) is 63.7 cm³/mol. The van der Waals surface area contributed by atoms with Crippen molar-refractivity contribution in [3.05, 3.63) is 35.1 Å². The molecule has 1 fully saturated rings. The molecule has 0 bridgehead atoms. The molecule has 1 saturated heterocycles. The van der Waals surface area contributed by atoms with Gasteiger partial charge in [-0.3, -0.25) is 0 Å². The lowest BCUT2D eigenvalue weighted by molar-refractivity contribution is 0.553. The molecule has 2 rings (SSSR count). The van der Waals surface area contributed by atoms with Gasteiger partial charge in [0.1, 0.15) is 5.82 Å². The van der Waals surface area contributed by atoms with Crippen molar-refractivity contribution in [1.29, 1.82) is 0 Å². The highest BCUT2D eigenvalue weighted by atomic mass is 32.2. The van der Waals surface area contributed by atoms with Gasteiger partial charge in [-0.25, -0.2) is 4.39 Å². The van der Waals surface area contributed by atoms with Crippen LogP contribution in [0, 0.1) is 12.7 Å². The van der Waals surface area contributed by atoms with Gasteiger partial charge < -0.3 is 5.32 Å². The molecule has 1 aliphatic rings. The first kappa shape index (κ1) is 11.0. The normalized spacial score (nSPS) is 20.8. The second-order valence-corrected chi connectivity index (χ2v) is 5.16. The van der Waals surface area contributed by atoms with E-state index in [2.05, 4.69) is 5.32 Å². The maximum absolute atomic E-state index is 13.0. The smallest absolute Gasteiger partial charge is 0.123 e. The lowest BCUT2D eigenvalue weighted by atomic mass is 10.1. The second kappa shape index (κ2) is 4.99. The second-order valence-electron chi connectivity index (χ2n) is 4.01. The summed E-state index contributed by atoms with van der Waals surface area (Å²) in [6, 6.07) is 5.60. The zero-order chi connectivity index (χ0) is 10.7. The molecule has 1 heterocycles. The molecular formula is C12H16FNS. The van der Waals surface area contributed by atoms with E-state index in [4.69, 9.17) is 0 Å². The van der Waals surface area contributed by atoms with Gasteiger partial charge in [0.05, 0.1) is 0 Å². The molecule has 1 nitrogen and oxygen atoms in total. The van der Waals surface area contributed by atoms with Crippen molar-refractivity contribution >= 4 is 11.8 Å². The van der Waals surface area contributed by atoms with Crippen LogP contribution in [0.2, 0.25) is 0 Å². The number of rotatable bonds is 3. The van der Waals surface area contributed by atoms with Crippen LogP contribution in [0.15, 0.2) is 18.2 Å². The van der Waals surface area contributed by atoms with E-state index in [1.807, 2.05) is 24.8 Å². The van der Waals surface area contributed by atoms with E-state index in [0.29, 0.717) is 6.04 Å². The van der Waals surface area contributed by atoms with E-state index in [1.165, 1.54) is 24.0 Å². The minimum atomic E-state index is -0.141. The number of halogens is 1. The van der Waals surface area contributed by atoms with Crippen molar-refractivity contribution in [2.45, 2.75) is 25.9 Å². The Morgan fingerprint density at radius 2 is 2.40 bits per heavy atom. The van der Waals surface area contributed by atoms with E-state index in [1.54, 1.807) is 6.07 Å². The summed E-state index contributed by atoms with van der Waals surface area (Å²) in [6.45, 7) is 2.81. The number of thioether (sulfide) groups is 1. The van der Waals surface area contributed by atoms with Crippen molar-refractivity contribution in [2.75, 3.05) is 11.5 Å². The highest BCUT2D eigenvalue weighted by molar-refractivity contribution is 7.99. The Hall–Kier alpha value is -0.540. The van der Waals surface area contributed by atoms with Crippen LogP contribution < -0.4 is 5.32 Å². The highest BCUT2D eigenvalue weighted by Crippen LogP contribution is 2.18. The van der Waals surface area contributed by atoms with Gasteiger partial charge in [-0.15, -0.1) is 0 Å². The summed E-state index contributed by atoms with van der Waals surface area (Å²) < 4.78 is 13.0. The van der Waals surface area contributed by atoms with Gasteiger partial charge in [-0.2, -0.15) is 11.8 Å². The van der Waals surface area contributed by atoms with Crippen LogP contribution in [0.5, 0.6) is 0 Å². The SMILES string of the molecule is Cc1ccc(F)cc1CNC1CCSC1. The number of aryl methyl sites for hydroxylation is 1. The molecular weight excluding hydrogens is 209 g/mol. The van der Waals surface area contributed by atoms with Crippen LogP contribution in [0.4, 0.5) is 4.39 Å². The molecule has 1 aromatic rings. The summed E-state index contributed by atoms with van der Waals surface area (Å²) in [7, 11) is 0. The average molecular weight is 225 g/mol. The van der Waals surface area contributed by atoms with Crippen LogP contribution in [0.3, 0.4) is 0 Å². The fraction of sp³-hybridized carbons (Fsp3) is 0.500. The van der Waals surface area contributed by atoms with Gasteiger partial charge in [0.15, 0.2) is 0 Å².